The molecule has 1 aliphatic carbocycles. The topological polar surface area (TPSA) is 9.23 Å². The smallest absolute Gasteiger partial charge is 0.418 e. The van der Waals surface area contributed by atoms with Crippen molar-refractivity contribution < 1.29 is 25.5 Å². The van der Waals surface area contributed by atoms with Crippen molar-refractivity contribution in [2.24, 2.45) is 0 Å². The molecule has 0 aromatic carbocycles. The van der Waals surface area contributed by atoms with Crippen molar-refractivity contribution in [2.45, 2.75) is 77.4 Å². The minimum absolute atomic E-state index is 0. The second-order valence-corrected chi connectivity index (χ2v) is 10.4. The zero-order valence-corrected chi connectivity index (χ0v) is 19.7. The Morgan fingerprint density at radius 3 is 2.09 bits per heavy atom. The number of hydrogen-bond donors (Lipinski definition) is 0. The van der Waals surface area contributed by atoms with Crippen LogP contribution in [-0.4, -0.2) is 14.9 Å². The van der Waals surface area contributed by atoms with Crippen molar-refractivity contribution in [3.63, 3.8) is 0 Å². The standard InChI is InChI=1S/C17H31OSi.3CH3.Pt/c1-4-18-19(2,3)16-12-8-6-5-7-9-13-17-14-10-11-15-17;;;;/h10,14H,4-9,11-13,16H2,1-3H3;3*1H3;/q4*-1;+4. The molecule has 1 rings (SSSR count). The Balaban J connectivity index is -0.000000451. The van der Waals surface area contributed by atoms with Gasteiger partial charge >= 0.3 is 21.1 Å². The molecule has 1 aliphatic rings. The van der Waals surface area contributed by atoms with Gasteiger partial charge in [0.1, 0.15) is 0 Å². The van der Waals surface area contributed by atoms with Gasteiger partial charge in [-0.05, 0) is 26.1 Å². The Labute approximate surface area is 163 Å². The maximum Gasteiger partial charge on any atom is 4.00 e. The molecule has 3 heteroatoms. The van der Waals surface area contributed by atoms with Gasteiger partial charge in [0.05, 0.1) is 0 Å². The summed E-state index contributed by atoms with van der Waals surface area (Å²) in [6, 6.07) is 1.33. The van der Waals surface area contributed by atoms with Crippen molar-refractivity contribution in [1.29, 1.82) is 0 Å². The van der Waals surface area contributed by atoms with Gasteiger partial charge in [0.2, 0.25) is 0 Å². The summed E-state index contributed by atoms with van der Waals surface area (Å²) in [6.07, 6.45) is 18.4. The third-order valence-corrected chi connectivity index (χ3v) is 6.40. The van der Waals surface area contributed by atoms with Crippen LogP contribution in [0.4, 0.5) is 0 Å². The van der Waals surface area contributed by atoms with E-state index in [0.29, 0.717) is 0 Å². The SMILES string of the molecule is CCO[Si](C)(C)CCCCCCCCC1=[C-]CC=C1.[CH3-].[CH3-].[CH3-].[Pt+4]. The summed E-state index contributed by atoms with van der Waals surface area (Å²) < 4.78 is 5.85. The van der Waals surface area contributed by atoms with Crippen LogP contribution in [-0.2, 0) is 25.5 Å². The van der Waals surface area contributed by atoms with Crippen LogP contribution in [0, 0.1) is 28.4 Å². The Morgan fingerprint density at radius 2 is 1.57 bits per heavy atom. The third kappa shape index (κ3) is 17.0. The first kappa shape index (κ1) is 31.1. The largest absolute Gasteiger partial charge is 4.00 e. The van der Waals surface area contributed by atoms with Crippen LogP contribution in [0.25, 0.3) is 0 Å². The second-order valence-electron chi connectivity index (χ2n) is 6.12. The predicted octanol–water partition coefficient (Wildman–Crippen LogP) is 7.00. The molecule has 0 unspecified atom stereocenters. The maximum atomic E-state index is 5.85. The van der Waals surface area contributed by atoms with Gasteiger partial charge in [0.15, 0.2) is 8.32 Å². The van der Waals surface area contributed by atoms with Gasteiger partial charge in [-0.25, -0.2) is 11.6 Å². The van der Waals surface area contributed by atoms with E-state index < -0.39 is 8.32 Å². The minimum Gasteiger partial charge on any atom is -0.418 e. The fourth-order valence-electron chi connectivity index (χ4n) is 2.66. The van der Waals surface area contributed by atoms with Crippen LogP contribution in [0.5, 0.6) is 0 Å². The van der Waals surface area contributed by atoms with Gasteiger partial charge in [0, 0.05) is 6.61 Å². The summed E-state index contributed by atoms with van der Waals surface area (Å²) >= 11 is 0. The van der Waals surface area contributed by atoms with Crippen LogP contribution in [0.15, 0.2) is 17.7 Å². The Hall–Kier alpha value is 0.345. The first-order valence-electron chi connectivity index (χ1n) is 8.04. The van der Waals surface area contributed by atoms with Crippen LogP contribution < -0.4 is 0 Å². The summed E-state index contributed by atoms with van der Waals surface area (Å²) in [5, 5.41) is 0. The molecule has 0 aromatic rings. The van der Waals surface area contributed by atoms with E-state index in [4.69, 9.17) is 4.43 Å². The molecule has 0 N–H and O–H groups in total. The average Bonchev–Trinajstić information content (AvgIpc) is 2.85. The zero-order chi connectivity index (χ0) is 14.0. The normalized spacial score (nSPS) is 12.4. The molecule has 0 aliphatic heterocycles. The molecule has 0 heterocycles. The van der Waals surface area contributed by atoms with E-state index in [9.17, 15) is 0 Å². The number of hydrogen-bond acceptors (Lipinski definition) is 1. The molecule has 23 heavy (non-hydrogen) atoms. The number of allylic oxidation sites excluding steroid dienone is 4. The number of rotatable bonds is 11. The molecule has 0 fully saturated rings. The molecule has 0 atom stereocenters. The molecule has 140 valence electrons. The molecule has 0 saturated carbocycles. The van der Waals surface area contributed by atoms with Gasteiger partial charge in [0.25, 0.3) is 0 Å². The van der Waals surface area contributed by atoms with Crippen molar-refractivity contribution in [3.8, 4) is 0 Å². The van der Waals surface area contributed by atoms with Gasteiger partial charge in [-0.15, -0.1) is 6.42 Å². The molecule has 0 spiro atoms. The fourth-order valence-corrected chi connectivity index (χ4v) is 4.69. The van der Waals surface area contributed by atoms with Crippen molar-refractivity contribution in [1.82, 2.24) is 0 Å². The summed E-state index contributed by atoms with van der Waals surface area (Å²) in [5.74, 6) is 0. The molecule has 0 saturated heterocycles. The molecular formula is C20H40OPtSi. The summed E-state index contributed by atoms with van der Waals surface area (Å²) in [7, 11) is -1.32. The van der Waals surface area contributed by atoms with Gasteiger partial charge < -0.3 is 26.7 Å². The first-order valence-corrected chi connectivity index (χ1v) is 11.2. The van der Waals surface area contributed by atoms with Crippen LogP contribution in [0.1, 0.15) is 58.3 Å². The minimum atomic E-state index is -1.32. The van der Waals surface area contributed by atoms with Gasteiger partial charge in [-0.2, -0.15) is 6.08 Å². The monoisotopic (exact) mass is 519 g/mol. The van der Waals surface area contributed by atoms with E-state index in [2.05, 4.69) is 38.2 Å². The average molecular weight is 520 g/mol. The molecule has 1 nitrogen and oxygen atoms in total. The van der Waals surface area contributed by atoms with Crippen molar-refractivity contribution in [3.05, 3.63) is 46.1 Å². The third-order valence-electron chi connectivity index (χ3n) is 3.78. The van der Waals surface area contributed by atoms with E-state index in [-0.39, 0.29) is 43.3 Å². The first-order chi connectivity index (χ1) is 9.14. The Bertz CT molecular complexity index is 298. The summed E-state index contributed by atoms with van der Waals surface area (Å²) in [6.45, 7) is 7.69. The van der Waals surface area contributed by atoms with Crippen LogP contribution in [0.3, 0.4) is 0 Å². The molecule has 0 amide bonds. The van der Waals surface area contributed by atoms with Gasteiger partial charge in [-0.3, -0.25) is 6.08 Å². The summed E-state index contributed by atoms with van der Waals surface area (Å²) in [5.41, 5.74) is 1.43. The summed E-state index contributed by atoms with van der Waals surface area (Å²) in [4.78, 5) is 0. The second kappa shape index (κ2) is 18.7. The quantitative estimate of drug-likeness (QED) is 0.162. The molecule has 0 bridgehead atoms. The van der Waals surface area contributed by atoms with Crippen molar-refractivity contribution in [2.75, 3.05) is 6.61 Å². The molecule has 0 radical (unpaired) electrons. The van der Waals surface area contributed by atoms with E-state index in [1.54, 1.807) is 0 Å². The van der Waals surface area contributed by atoms with Crippen LogP contribution in [0.2, 0.25) is 19.1 Å². The van der Waals surface area contributed by atoms with E-state index in [1.165, 1.54) is 56.6 Å². The molecule has 0 aromatic heterocycles. The van der Waals surface area contributed by atoms with Crippen LogP contribution >= 0.6 is 0 Å². The molecular weight excluding hydrogens is 479 g/mol. The zero-order valence-electron chi connectivity index (χ0n) is 16.5. The van der Waals surface area contributed by atoms with Gasteiger partial charge in [-0.1, -0.05) is 44.9 Å². The Kier molecular flexibility index (Phi) is 25.3. The number of unbranched alkanes of at least 4 members (excludes halogenated alkanes) is 5. The predicted molar refractivity (Wildman–Crippen MR) is 106 cm³/mol. The fraction of sp³-hybridized carbons (Fsp3) is 0.650. The van der Waals surface area contributed by atoms with Crippen molar-refractivity contribution >= 4 is 8.32 Å². The van der Waals surface area contributed by atoms with E-state index >= 15 is 0 Å². The Morgan fingerprint density at radius 1 is 1.00 bits per heavy atom. The maximum absolute atomic E-state index is 5.85. The van der Waals surface area contributed by atoms with E-state index in [0.717, 1.165) is 13.0 Å². The van der Waals surface area contributed by atoms with E-state index in [1.807, 2.05) is 0 Å².